The van der Waals surface area contributed by atoms with Crippen LogP contribution >= 0.6 is 0 Å². The van der Waals surface area contributed by atoms with Gasteiger partial charge < -0.3 is 15.3 Å². The predicted molar refractivity (Wildman–Crippen MR) is 73.9 cm³/mol. The van der Waals surface area contributed by atoms with E-state index in [9.17, 15) is 15.3 Å². The summed E-state index contributed by atoms with van der Waals surface area (Å²) in [5.74, 6) is 0.318. The molecular formula is C15H23NO3. The maximum atomic E-state index is 9.92. The Labute approximate surface area is 114 Å². The van der Waals surface area contributed by atoms with Crippen LogP contribution in [-0.2, 0) is 0 Å². The Hall–Kier alpha value is -0.940. The van der Waals surface area contributed by atoms with E-state index < -0.39 is 18.3 Å². The lowest BCUT2D eigenvalue weighted by molar-refractivity contribution is -0.133. The van der Waals surface area contributed by atoms with Gasteiger partial charge in [0.15, 0.2) is 0 Å². The molecule has 0 saturated carbocycles. The van der Waals surface area contributed by atoms with Crippen LogP contribution < -0.4 is 0 Å². The van der Waals surface area contributed by atoms with Gasteiger partial charge in [0.1, 0.15) is 6.10 Å². The van der Waals surface area contributed by atoms with Crippen LogP contribution in [0.4, 0.5) is 0 Å². The van der Waals surface area contributed by atoms with Gasteiger partial charge >= 0.3 is 0 Å². The molecule has 4 nitrogen and oxygen atoms in total. The molecule has 1 aromatic rings. The van der Waals surface area contributed by atoms with E-state index in [4.69, 9.17) is 0 Å². The third-order valence-electron chi connectivity index (χ3n) is 4.11. The number of piperidine rings is 1. The van der Waals surface area contributed by atoms with E-state index in [1.807, 2.05) is 30.0 Å². The summed E-state index contributed by atoms with van der Waals surface area (Å²) in [7, 11) is 0. The van der Waals surface area contributed by atoms with E-state index in [-0.39, 0.29) is 6.04 Å². The normalized spacial score (nSPS) is 34.2. The highest BCUT2D eigenvalue weighted by molar-refractivity contribution is 5.19. The van der Waals surface area contributed by atoms with Crippen LogP contribution in [0.2, 0.25) is 0 Å². The Morgan fingerprint density at radius 2 is 1.79 bits per heavy atom. The predicted octanol–water partition coefficient (Wildman–Crippen LogP) is 0.577. The van der Waals surface area contributed by atoms with Gasteiger partial charge in [0, 0.05) is 19.1 Å². The molecule has 1 fully saturated rings. The average Bonchev–Trinajstić information content (AvgIpc) is 2.43. The van der Waals surface area contributed by atoms with Crippen molar-refractivity contribution in [1.29, 1.82) is 0 Å². The maximum Gasteiger partial charge on any atom is 0.108 e. The zero-order valence-corrected chi connectivity index (χ0v) is 11.5. The third kappa shape index (κ3) is 3.15. The first-order valence-electron chi connectivity index (χ1n) is 6.84. The summed E-state index contributed by atoms with van der Waals surface area (Å²) < 4.78 is 0. The van der Waals surface area contributed by atoms with Crippen molar-refractivity contribution in [3.8, 4) is 0 Å². The summed E-state index contributed by atoms with van der Waals surface area (Å²) in [6.07, 6.45) is -2.82. The van der Waals surface area contributed by atoms with E-state index in [1.54, 1.807) is 0 Å². The number of aliphatic hydroxyl groups is 3. The molecule has 1 aliphatic rings. The maximum absolute atomic E-state index is 9.92. The Kier molecular flexibility index (Phi) is 4.58. The molecule has 0 radical (unpaired) electrons. The Bertz CT molecular complexity index is 398. The highest BCUT2D eigenvalue weighted by Gasteiger charge is 2.39. The Morgan fingerprint density at radius 3 is 2.42 bits per heavy atom. The van der Waals surface area contributed by atoms with Crippen molar-refractivity contribution in [3.63, 3.8) is 0 Å². The van der Waals surface area contributed by atoms with Crippen LogP contribution in [0.25, 0.3) is 0 Å². The lowest BCUT2D eigenvalue weighted by Gasteiger charge is -2.43. The molecule has 1 aliphatic heterocycles. The topological polar surface area (TPSA) is 63.9 Å². The number of benzene rings is 1. The van der Waals surface area contributed by atoms with E-state index in [1.165, 1.54) is 5.56 Å². The number of hydrogen-bond donors (Lipinski definition) is 3. The summed E-state index contributed by atoms with van der Waals surface area (Å²) in [5.41, 5.74) is 1.24. The van der Waals surface area contributed by atoms with Crippen LogP contribution in [-0.4, -0.2) is 57.7 Å². The number of rotatable bonds is 3. The van der Waals surface area contributed by atoms with Crippen molar-refractivity contribution < 1.29 is 15.3 Å². The van der Waals surface area contributed by atoms with Crippen LogP contribution in [0, 0.1) is 0 Å². The molecule has 106 valence electrons. The van der Waals surface area contributed by atoms with Gasteiger partial charge in [0.2, 0.25) is 0 Å². The van der Waals surface area contributed by atoms with Crippen molar-refractivity contribution in [2.45, 2.75) is 44.1 Å². The van der Waals surface area contributed by atoms with Gasteiger partial charge in [0.25, 0.3) is 0 Å². The summed E-state index contributed by atoms with van der Waals surface area (Å²) in [5, 5.41) is 29.3. The molecule has 1 heterocycles. The minimum Gasteiger partial charge on any atom is -0.389 e. The number of nitrogens with zero attached hydrogens (tertiary/aromatic N) is 1. The molecule has 4 heteroatoms. The van der Waals surface area contributed by atoms with Crippen molar-refractivity contribution in [2.24, 2.45) is 0 Å². The monoisotopic (exact) mass is 265 g/mol. The third-order valence-corrected chi connectivity index (χ3v) is 4.11. The van der Waals surface area contributed by atoms with Gasteiger partial charge in [-0.2, -0.15) is 0 Å². The Morgan fingerprint density at radius 1 is 1.16 bits per heavy atom. The first-order valence-corrected chi connectivity index (χ1v) is 6.84. The number of aliphatic hydroxyl groups excluding tert-OH is 3. The lowest BCUT2D eigenvalue weighted by Crippen LogP contribution is -2.60. The van der Waals surface area contributed by atoms with E-state index in [2.05, 4.69) is 19.1 Å². The van der Waals surface area contributed by atoms with E-state index >= 15 is 0 Å². The average molecular weight is 265 g/mol. The van der Waals surface area contributed by atoms with Crippen molar-refractivity contribution in [2.75, 3.05) is 13.1 Å². The zero-order valence-electron chi connectivity index (χ0n) is 11.5. The van der Waals surface area contributed by atoms with Gasteiger partial charge in [0.05, 0.1) is 12.2 Å². The summed E-state index contributed by atoms with van der Waals surface area (Å²) in [6.45, 7) is 5.17. The van der Waals surface area contributed by atoms with Crippen LogP contribution in [0.15, 0.2) is 30.3 Å². The van der Waals surface area contributed by atoms with Crippen LogP contribution in [0.3, 0.4) is 0 Å². The van der Waals surface area contributed by atoms with Crippen molar-refractivity contribution in [3.05, 3.63) is 35.9 Å². The second kappa shape index (κ2) is 6.01. The standard InChI is InChI=1S/C15H23NO3/c1-10(12-6-4-3-5-7-12)8-16-9-13(17)15(19)14(18)11(16)2/h3-7,10-11,13-15,17-19H,8-9H2,1-2H3/t10?,11-,13+,14-,15-/m1/s1. The Balaban J connectivity index is 2.02. The second-order valence-electron chi connectivity index (χ2n) is 5.55. The van der Waals surface area contributed by atoms with Gasteiger partial charge in [-0.15, -0.1) is 0 Å². The van der Waals surface area contributed by atoms with Crippen LogP contribution in [0.1, 0.15) is 25.3 Å². The fourth-order valence-electron chi connectivity index (χ4n) is 2.72. The van der Waals surface area contributed by atoms with Gasteiger partial charge in [-0.1, -0.05) is 37.3 Å². The largest absolute Gasteiger partial charge is 0.389 e. The molecule has 1 aromatic carbocycles. The molecule has 0 amide bonds. The molecule has 19 heavy (non-hydrogen) atoms. The highest BCUT2D eigenvalue weighted by Crippen LogP contribution is 2.23. The lowest BCUT2D eigenvalue weighted by atomic mass is 9.92. The van der Waals surface area contributed by atoms with Crippen LogP contribution in [0.5, 0.6) is 0 Å². The van der Waals surface area contributed by atoms with Crippen molar-refractivity contribution in [1.82, 2.24) is 4.90 Å². The number of likely N-dealkylation sites (tertiary alicyclic amines) is 1. The summed E-state index contributed by atoms with van der Waals surface area (Å²) in [4.78, 5) is 2.04. The van der Waals surface area contributed by atoms with E-state index in [0.29, 0.717) is 12.5 Å². The molecule has 0 aliphatic carbocycles. The smallest absolute Gasteiger partial charge is 0.108 e. The van der Waals surface area contributed by atoms with Crippen molar-refractivity contribution >= 4 is 0 Å². The number of hydrogen-bond acceptors (Lipinski definition) is 4. The van der Waals surface area contributed by atoms with E-state index in [0.717, 1.165) is 6.54 Å². The molecule has 0 aromatic heterocycles. The molecule has 1 saturated heterocycles. The SMILES string of the molecule is CC(CN1C[C@H](O)[C@@H](O)[C@H](O)[C@H]1C)c1ccccc1. The minimum atomic E-state index is -1.04. The molecule has 0 bridgehead atoms. The summed E-state index contributed by atoms with van der Waals surface area (Å²) in [6, 6.07) is 10.0. The molecule has 3 N–H and O–H groups in total. The minimum absolute atomic E-state index is 0.149. The quantitative estimate of drug-likeness (QED) is 0.748. The second-order valence-corrected chi connectivity index (χ2v) is 5.55. The first kappa shape index (κ1) is 14.5. The van der Waals surface area contributed by atoms with Gasteiger partial charge in [-0.25, -0.2) is 0 Å². The molecule has 0 spiro atoms. The highest BCUT2D eigenvalue weighted by atomic mass is 16.4. The fourth-order valence-corrected chi connectivity index (χ4v) is 2.72. The molecule has 5 atom stereocenters. The molecule has 2 rings (SSSR count). The fraction of sp³-hybridized carbons (Fsp3) is 0.600. The molecular weight excluding hydrogens is 242 g/mol. The van der Waals surface area contributed by atoms with Gasteiger partial charge in [-0.3, -0.25) is 4.90 Å². The molecule has 1 unspecified atom stereocenters. The zero-order chi connectivity index (χ0) is 14.0. The number of β-amino-alcohol motifs (C(OH)–C–C–N with tert-alkyl or cyclic N) is 1. The summed E-state index contributed by atoms with van der Waals surface area (Å²) >= 11 is 0. The van der Waals surface area contributed by atoms with Gasteiger partial charge in [-0.05, 0) is 18.4 Å². The first-order chi connectivity index (χ1) is 9.00.